The molecule has 4 rings (SSSR count). The van der Waals surface area contributed by atoms with Gasteiger partial charge in [-0.3, -0.25) is 9.69 Å². The Kier molecular flexibility index (Phi) is 3.92. The van der Waals surface area contributed by atoms with Crippen LogP contribution in [0.3, 0.4) is 0 Å². The molecule has 1 fully saturated rings. The van der Waals surface area contributed by atoms with Crippen molar-refractivity contribution < 1.29 is 9.53 Å². The molecule has 3 heteroatoms. The first-order valence-electron chi connectivity index (χ1n) is 8.62. The SMILES string of the molecule is COc1ccc(N2C(=O)/C(=C3/C=C(C)CC3)C2c2ccccc2)cc1. The van der Waals surface area contributed by atoms with Gasteiger partial charge in [0.2, 0.25) is 0 Å². The topological polar surface area (TPSA) is 29.5 Å². The standard InChI is InChI=1S/C22H21NO2/c1-15-8-9-17(14-15)20-21(16-6-4-3-5-7-16)23(22(20)24)18-10-12-19(25-2)13-11-18/h3-7,10-14,21H,8-9H2,1-2H3/b20-17+. The zero-order valence-corrected chi connectivity index (χ0v) is 14.5. The summed E-state index contributed by atoms with van der Waals surface area (Å²) in [5, 5.41) is 0. The molecule has 0 saturated carbocycles. The highest BCUT2D eigenvalue weighted by molar-refractivity contribution is 6.16. The zero-order chi connectivity index (χ0) is 17.4. The van der Waals surface area contributed by atoms with Crippen LogP contribution in [0.2, 0.25) is 0 Å². The molecular formula is C22H21NO2. The van der Waals surface area contributed by atoms with Crippen LogP contribution in [0.5, 0.6) is 5.75 Å². The quantitative estimate of drug-likeness (QED) is 0.596. The monoisotopic (exact) mass is 331 g/mol. The molecule has 1 amide bonds. The molecule has 1 saturated heterocycles. The third-order valence-corrected chi connectivity index (χ3v) is 5.00. The summed E-state index contributed by atoms with van der Waals surface area (Å²) in [4.78, 5) is 14.9. The number of benzene rings is 2. The van der Waals surface area contributed by atoms with Crippen molar-refractivity contribution in [2.24, 2.45) is 0 Å². The maximum absolute atomic E-state index is 13.0. The first kappa shape index (κ1) is 15.7. The molecule has 3 nitrogen and oxygen atoms in total. The fourth-order valence-electron chi connectivity index (χ4n) is 3.69. The molecule has 0 spiro atoms. The van der Waals surface area contributed by atoms with E-state index in [9.17, 15) is 4.79 Å². The number of allylic oxidation sites excluding steroid dienone is 3. The minimum Gasteiger partial charge on any atom is -0.497 e. The lowest BCUT2D eigenvalue weighted by atomic mass is 9.83. The molecule has 2 aromatic carbocycles. The van der Waals surface area contributed by atoms with Crippen molar-refractivity contribution in [3.8, 4) is 5.75 Å². The Morgan fingerprint density at radius 1 is 1.00 bits per heavy atom. The predicted octanol–water partition coefficient (Wildman–Crippen LogP) is 4.82. The summed E-state index contributed by atoms with van der Waals surface area (Å²) in [6, 6.07) is 17.9. The van der Waals surface area contributed by atoms with Crippen LogP contribution in [0.1, 0.15) is 31.4 Å². The molecule has 1 atom stereocenters. The zero-order valence-electron chi connectivity index (χ0n) is 14.5. The number of anilines is 1. The second-order valence-corrected chi connectivity index (χ2v) is 6.62. The van der Waals surface area contributed by atoms with Gasteiger partial charge in [-0.15, -0.1) is 0 Å². The van der Waals surface area contributed by atoms with E-state index in [1.807, 2.05) is 47.4 Å². The number of carbonyl (C=O) groups excluding carboxylic acids is 1. The van der Waals surface area contributed by atoms with E-state index in [-0.39, 0.29) is 11.9 Å². The normalized spacial score (nSPS) is 22.6. The maximum Gasteiger partial charge on any atom is 0.257 e. The lowest BCUT2D eigenvalue weighted by Gasteiger charge is -2.44. The Bertz CT molecular complexity index is 863. The number of hydrogen-bond acceptors (Lipinski definition) is 2. The van der Waals surface area contributed by atoms with Crippen LogP contribution in [0.25, 0.3) is 0 Å². The predicted molar refractivity (Wildman–Crippen MR) is 99.7 cm³/mol. The Morgan fingerprint density at radius 2 is 1.72 bits per heavy atom. The summed E-state index contributed by atoms with van der Waals surface area (Å²) >= 11 is 0. The molecule has 0 N–H and O–H groups in total. The molecule has 0 aromatic heterocycles. The second-order valence-electron chi connectivity index (χ2n) is 6.62. The van der Waals surface area contributed by atoms with E-state index < -0.39 is 0 Å². The first-order valence-corrected chi connectivity index (χ1v) is 8.62. The Hall–Kier alpha value is -2.81. The van der Waals surface area contributed by atoms with Gasteiger partial charge in [-0.2, -0.15) is 0 Å². The number of methoxy groups -OCH3 is 1. The molecule has 25 heavy (non-hydrogen) atoms. The van der Waals surface area contributed by atoms with E-state index in [4.69, 9.17) is 4.74 Å². The third kappa shape index (κ3) is 2.66. The van der Waals surface area contributed by atoms with Gasteiger partial charge in [-0.1, -0.05) is 42.0 Å². The number of rotatable bonds is 3. The summed E-state index contributed by atoms with van der Waals surface area (Å²) in [5.41, 5.74) is 5.55. The number of hydrogen-bond donors (Lipinski definition) is 0. The van der Waals surface area contributed by atoms with E-state index in [1.165, 1.54) is 11.1 Å². The van der Waals surface area contributed by atoms with Gasteiger partial charge in [0.25, 0.3) is 5.91 Å². The van der Waals surface area contributed by atoms with Crippen LogP contribution >= 0.6 is 0 Å². The van der Waals surface area contributed by atoms with Crippen LogP contribution in [0, 0.1) is 0 Å². The molecular weight excluding hydrogens is 310 g/mol. The van der Waals surface area contributed by atoms with Gasteiger partial charge in [0.1, 0.15) is 5.75 Å². The average Bonchev–Trinajstić information content (AvgIpc) is 3.06. The molecule has 0 bridgehead atoms. The van der Waals surface area contributed by atoms with Gasteiger partial charge in [0, 0.05) is 11.3 Å². The Balaban J connectivity index is 1.77. The largest absolute Gasteiger partial charge is 0.497 e. The van der Waals surface area contributed by atoms with Crippen LogP contribution < -0.4 is 9.64 Å². The van der Waals surface area contributed by atoms with Crippen molar-refractivity contribution in [2.75, 3.05) is 12.0 Å². The molecule has 1 heterocycles. The third-order valence-electron chi connectivity index (χ3n) is 5.00. The molecule has 126 valence electrons. The Labute approximate surface area is 148 Å². The van der Waals surface area contributed by atoms with E-state index in [0.29, 0.717) is 0 Å². The van der Waals surface area contributed by atoms with Gasteiger partial charge < -0.3 is 4.74 Å². The smallest absolute Gasteiger partial charge is 0.257 e. The lowest BCUT2D eigenvalue weighted by molar-refractivity contribution is -0.119. The maximum atomic E-state index is 13.0. The van der Waals surface area contributed by atoms with E-state index in [0.717, 1.165) is 35.4 Å². The summed E-state index contributed by atoms with van der Waals surface area (Å²) in [6.07, 6.45) is 4.21. The second kappa shape index (κ2) is 6.25. The van der Waals surface area contributed by atoms with E-state index in [1.54, 1.807) is 7.11 Å². The van der Waals surface area contributed by atoms with Crippen molar-refractivity contribution >= 4 is 11.6 Å². The van der Waals surface area contributed by atoms with Crippen molar-refractivity contribution in [1.82, 2.24) is 0 Å². The average molecular weight is 331 g/mol. The highest BCUT2D eigenvalue weighted by Gasteiger charge is 2.45. The number of amides is 1. The number of β-lactam (4-membered cyclic amide) rings is 1. The fraction of sp³-hybridized carbons (Fsp3) is 0.227. The van der Waals surface area contributed by atoms with Gasteiger partial charge in [0.15, 0.2) is 0 Å². The number of carbonyl (C=O) groups is 1. The number of ether oxygens (including phenoxy) is 1. The van der Waals surface area contributed by atoms with Gasteiger partial charge >= 0.3 is 0 Å². The van der Waals surface area contributed by atoms with Crippen molar-refractivity contribution in [3.63, 3.8) is 0 Å². The molecule has 1 aliphatic heterocycles. The fourth-order valence-corrected chi connectivity index (χ4v) is 3.69. The summed E-state index contributed by atoms with van der Waals surface area (Å²) in [6.45, 7) is 2.13. The summed E-state index contributed by atoms with van der Waals surface area (Å²) < 4.78 is 5.23. The van der Waals surface area contributed by atoms with Crippen LogP contribution in [-0.2, 0) is 4.79 Å². The summed E-state index contributed by atoms with van der Waals surface area (Å²) in [5.74, 6) is 0.904. The minimum absolute atomic E-state index is 0.0146. The molecule has 0 radical (unpaired) electrons. The van der Waals surface area contributed by atoms with Crippen LogP contribution in [0.15, 0.2) is 77.4 Å². The molecule has 1 aliphatic carbocycles. The van der Waals surface area contributed by atoms with Crippen LogP contribution in [0.4, 0.5) is 5.69 Å². The van der Waals surface area contributed by atoms with Gasteiger partial charge in [-0.25, -0.2) is 0 Å². The van der Waals surface area contributed by atoms with Crippen molar-refractivity contribution in [3.05, 3.63) is 83.0 Å². The van der Waals surface area contributed by atoms with Crippen molar-refractivity contribution in [1.29, 1.82) is 0 Å². The first-order chi connectivity index (χ1) is 12.2. The van der Waals surface area contributed by atoms with Gasteiger partial charge in [0.05, 0.1) is 13.2 Å². The van der Waals surface area contributed by atoms with Crippen LogP contribution in [-0.4, -0.2) is 13.0 Å². The summed E-state index contributed by atoms with van der Waals surface area (Å²) in [7, 11) is 1.65. The van der Waals surface area contributed by atoms with E-state index >= 15 is 0 Å². The highest BCUT2D eigenvalue weighted by Crippen LogP contribution is 2.46. The molecule has 2 aromatic rings. The highest BCUT2D eigenvalue weighted by atomic mass is 16.5. The molecule has 1 unspecified atom stereocenters. The minimum atomic E-state index is -0.0146. The lowest BCUT2D eigenvalue weighted by Crippen LogP contribution is -2.50. The van der Waals surface area contributed by atoms with Gasteiger partial charge in [-0.05, 0) is 55.2 Å². The van der Waals surface area contributed by atoms with E-state index in [2.05, 4.69) is 25.1 Å². The van der Waals surface area contributed by atoms with Crippen molar-refractivity contribution in [2.45, 2.75) is 25.8 Å². The molecule has 2 aliphatic rings. The number of nitrogens with zero attached hydrogens (tertiary/aromatic N) is 1. The Morgan fingerprint density at radius 3 is 2.32 bits per heavy atom.